The normalized spacial score (nSPS) is 19.8. The van der Waals surface area contributed by atoms with Crippen molar-refractivity contribution < 1.29 is 22.3 Å². The second-order valence-corrected chi connectivity index (χ2v) is 10.7. The Hall–Kier alpha value is -2.58. The smallest absolute Gasteiger partial charge is 0.135 e. The number of ether oxygens (including phenoxy) is 1. The lowest BCUT2D eigenvalue weighted by Crippen LogP contribution is -2.49. The fraction of sp³-hybridized carbons (Fsp3) is 0.500. The van der Waals surface area contributed by atoms with Gasteiger partial charge in [-0.2, -0.15) is 0 Å². The molecule has 8 heteroatoms. The van der Waals surface area contributed by atoms with Gasteiger partial charge in [-0.15, -0.1) is 0 Å². The summed E-state index contributed by atoms with van der Waals surface area (Å²) in [5.41, 5.74) is 0.994. The number of rotatable bonds is 8. The number of alkyl halides is 2. The number of nitrogens with one attached hydrogen (secondary N) is 1. The van der Waals surface area contributed by atoms with Crippen molar-refractivity contribution in [1.82, 2.24) is 14.8 Å². The van der Waals surface area contributed by atoms with E-state index in [4.69, 9.17) is 4.74 Å². The first-order chi connectivity index (χ1) is 17.2. The molecule has 0 aliphatic carbocycles. The van der Waals surface area contributed by atoms with Crippen molar-refractivity contribution in [3.05, 3.63) is 64.9 Å². The van der Waals surface area contributed by atoms with Gasteiger partial charge < -0.3 is 9.72 Å². The number of likely N-dealkylation sites (tertiary alicyclic amines) is 1. The summed E-state index contributed by atoms with van der Waals surface area (Å²) in [6.07, 6.45) is 1.49. The molecule has 1 atom stereocenters. The maximum absolute atomic E-state index is 15.6. The van der Waals surface area contributed by atoms with Crippen LogP contribution < -0.4 is 4.74 Å². The zero-order valence-electron chi connectivity index (χ0n) is 20.8. The lowest BCUT2D eigenvalue weighted by molar-refractivity contribution is 0.0667. The number of benzene rings is 2. The Morgan fingerprint density at radius 1 is 1.11 bits per heavy atom. The molecule has 36 heavy (non-hydrogen) atoms. The quantitative estimate of drug-likeness (QED) is 0.394. The summed E-state index contributed by atoms with van der Waals surface area (Å²) in [5.74, 6) is -1.25. The van der Waals surface area contributed by atoms with Gasteiger partial charge >= 0.3 is 0 Å². The van der Waals surface area contributed by atoms with Crippen LogP contribution in [0.15, 0.2) is 36.4 Å². The molecule has 194 valence electrons. The Kier molecular flexibility index (Phi) is 7.01. The average Bonchev–Trinajstić information content (AvgIpc) is 3.06. The van der Waals surface area contributed by atoms with E-state index in [1.807, 2.05) is 34.1 Å². The molecule has 1 N–H and O–H groups in total. The molecule has 1 saturated heterocycles. The molecule has 2 aliphatic heterocycles. The highest BCUT2D eigenvalue weighted by Gasteiger charge is 2.36. The molecule has 2 aromatic carbocycles. The van der Waals surface area contributed by atoms with Crippen molar-refractivity contribution >= 4 is 10.9 Å². The zero-order chi connectivity index (χ0) is 25.4. The molecule has 0 amide bonds. The molecule has 2 aliphatic rings. The summed E-state index contributed by atoms with van der Waals surface area (Å²) in [4.78, 5) is 7.28. The first-order valence-electron chi connectivity index (χ1n) is 12.7. The third kappa shape index (κ3) is 5.11. The summed E-state index contributed by atoms with van der Waals surface area (Å²) < 4.78 is 64.4. The molecular formula is C28H33F4N3O. The first-order valence-corrected chi connectivity index (χ1v) is 12.7. The van der Waals surface area contributed by atoms with Gasteiger partial charge in [-0.3, -0.25) is 14.2 Å². The number of hydrogen-bond donors (Lipinski definition) is 1. The number of aromatic amines is 1. The van der Waals surface area contributed by atoms with E-state index in [1.165, 1.54) is 26.0 Å². The van der Waals surface area contributed by atoms with Crippen LogP contribution in [-0.2, 0) is 6.42 Å². The monoisotopic (exact) mass is 503 g/mol. The summed E-state index contributed by atoms with van der Waals surface area (Å²) in [6, 6.07) is 9.45. The molecule has 1 fully saturated rings. The van der Waals surface area contributed by atoms with E-state index in [0.29, 0.717) is 31.9 Å². The van der Waals surface area contributed by atoms with Gasteiger partial charge in [0.15, 0.2) is 0 Å². The molecule has 0 spiro atoms. The third-order valence-electron chi connectivity index (χ3n) is 7.19. The second-order valence-electron chi connectivity index (χ2n) is 10.7. The molecule has 3 heterocycles. The number of fused-ring (bicyclic) bond motifs is 3. The fourth-order valence-corrected chi connectivity index (χ4v) is 5.63. The van der Waals surface area contributed by atoms with Gasteiger partial charge in [-0.25, -0.2) is 13.2 Å². The van der Waals surface area contributed by atoms with Gasteiger partial charge in [0.25, 0.3) is 0 Å². The van der Waals surface area contributed by atoms with Crippen LogP contribution in [0.4, 0.5) is 17.6 Å². The lowest BCUT2D eigenvalue weighted by atomic mass is 9.96. The highest BCUT2D eigenvalue weighted by molar-refractivity contribution is 5.85. The molecule has 0 saturated carbocycles. The van der Waals surface area contributed by atoms with Crippen LogP contribution in [-0.4, -0.2) is 66.5 Å². The van der Waals surface area contributed by atoms with Crippen LogP contribution in [0.2, 0.25) is 0 Å². The average molecular weight is 504 g/mol. The van der Waals surface area contributed by atoms with Crippen molar-refractivity contribution in [3.8, 4) is 5.75 Å². The van der Waals surface area contributed by atoms with Crippen LogP contribution in [0, 0.1) is 17.6 Å². The van der Waals surface area contributed by atoms with Crippen LogP contribution in [0.5, 0.6) is 5.75 Å². The minimum atomic E-state index is -1.54. The van der Waals surface area contributed by atoms with Crippen molar-refractivity contribution in [1.29, 1.82) is 0 Å². The minimum absolute atomic E-state index is 0.0410. The summed E-state index contributed by atoms with van der Waals surface area (Å²) >= 11 is 0. The maximum Gasteiger partial charge on any atom is 0.135 e. The van der Waals surface area contributed by atoms with Crippen LogP contribution >= 0.6 is 0 Å². The molecule has 0 bridgehead atoms. The SMILES string of the molecule is CC(C)(F)CN1CCCc2c([nH]c3ccccc23)[C@H]1c1c(F)cc(OCCN2CC(CF)C2)cc1F. The van der Waals surface area contributed by atoms with Gasteiger partial charge in [0.2, 0.25) is 0 Å². The third-order valence-corrected chi connectivity index (χ3v) is 7.19. The van der Waals surface area contributed by atoms with E-state index in [-0.39, 0.29) is 37.1 Å². The Bertz CT molecular complexity index is 1190. The molecule has 0 radical (unpaired) electrons. The number of H-pyrrole nitrogens is 1. The molecule has 5 rings (SSSR count). The molecular weight excluding hydrogens is 470 g/mol. The number of aromatic nitrogens is 1. The van der Waals surface area contributed by atoms with Crippen molar-refractivity contribution in [3.63, 3.8) is 0 Å². The minimum Gasteiger partial charge on any atom is -0.492 e. The Morgan fingerprint density at radius 2 is 1.83 bits per heavy atom. The standard InChI is InChI=1S/C28H33F4N3O/c1-28(2,32)17-35-9-5-7-21-20-6-3-4-8-24(20)33-26(21)27(35)25-22(30)12-19(13-23(25)31)36-11-10-34-15-18(14-29)16-34/h3-4,6,8,12-13,18,27,33H,5,7,9-11,14-17H2,1-2H3/t27-/m1/s1. The maximum atomic E-state index is 15.6. The molecule has 3 aromatic rings. The molecule has 4 nitrogen and oxygen atoms in total. The van der Waals surface area contributed by atoms with Gasteiger partial charge in [0.1, 0.15) is 29.7 Å². The number of para-hydroxylation sites is 1. The molecule has 1 aromatic heterocycles. The van der Waals surface area contributed by atoms with Crippen LogP contribution in [0.25, 0.3) is 10.9 Å². The number of hydrogen-bond acceptors (Lipinski definition) is 3. The zero-order valence-corrected chi connectivity index (χ0v) is 20.8. The summed E-state index contributed by atoms with van der Waals surface area (Å²) in [7, 11) is 0. The number of aryl methyl sites for hydroxylation is 1. The van der Waals surface area contributed by atoms with E-state index in [2.05, 4.69) is 4.98 Å². The van der Waals surface area contributed by atoms with E-state index >= 15 is 8.78 Å². The van der Waals surface area contributed by atoms with Gasteiger partial charge in [-0.1, -0.05) is 18.2 Å². The predicted octanol–water partition coefficient (Wildman–Crippen LogP) is 5.81. The van der Waals surface area contributed by atoms with E-state index in [9.17, 15) is 8.78 Å². The van der Waals surface area contributed by atoms with E-state index in [1.54, 1.807) is 0 Å². The highest BCUT2D eigenvalue weighted by Crippen LogP contribution is 2.41. The van der Waals surface area contributed by atoms with Crippen molar-refractivity contribution in [2.75, 3.05) is 46.0 Å². The highest BCUT2D eigenvalue weighted by atomic mass is 19.1. The van der Waals surface area contributed by atoms with Gasteiger partial charge in [0, 0.05) is 66.4 Å². The largest absolute Gasteiger partial charge is 0.492 e. The Balaban J connectivity index is 1.46. The van der Waals surface area contributed by atoms with E-state index in [0.717, 1.165) is 29.3 Å². The lowest BCUT2D eigenvalue weighted by Gasteiger charge is -2.37. The van der Waals surface area contributed by atoms with Crippen molar-refractivity contribution in [2.45, 2.75) is 38.4 Å². The molecule has 0 unspecified atom stereocenters. The van der Waals surface area contributed by atoms with Crippen LogP contribution in [0.3, 0.4) is 0 Å². The van der Waals surface area contributed by atoms with Gasteiger partial charge in [-0.05, 0) is 44.9 Å². The Labute approximate surface area is 209 Å². The fourth-order valence-electron chi connectivity index (χ4n) is 5.63. The first kappa shape index (κ1) is 25.1. The predicted molar refractivity (Wildman–Crippen MR) is 133 cm³/mol. The van der Waals surface area contributed by atoms with E-state index < -0.39 is 23.3 Å². The number of nitrogens with zero attached hydrogens (tertiary/aromatic N) is 2. The number of halogens is 4. The van der Waals surface area contributed by atoms with Gasteiger partial charge in [0.05, 0.1) is 12.7 Å². The summed E-state index contributed by atoms with van der Waals surface area (Å²) in [6.45, 7) is 5.38. The second kappa shape index (κ2) is 10.1. The van der Waals surface area contributed by atoms with Crippen LogP contribution in [0.1, 0.15) is 43.1 Å². The Morgan fingerprint density at radius 3 is 2.53 bits per heavy atom. The van der Waals surface area contributed by atoms with Crippen molar-refractivity contribution in [2.24, 2.45) is 5.92 Å². The topological polar surface area (TPSA) is 31.5 Å². The summed E-state index contributed by atoms with van der Waals surface area (Å²) in [5, 5.41) is 1.03.